The van der Waals surface area contributed by atoms with Crippen LogP contribution in [-0.2, 0) is 0 Å². The molecule has 1 unspecified atom stereocenters. The van der Waals surface area contributed by atoms with Gasteiger partial charge in [0.2, 0.25) is 0 Å². The average molecular weight is 238 g/mol. The first-order valence-corrected chi connectivity index (χ1v) is 5.62. The molecule has 0 aliphatic carbocycles. The van der Waals surface area contributed by atoms with Crippen molar-refractivity contribution in [2.24, 2.45) is 0 Å². The van der Waals surface area contributed by atoms with Crippen LogP contribution in [0.5, 0.6) is 0 Å². The van der Waals surface area contributed by atoms with Crippen LogP contribution in [0.1, 0.15) is 27.2 Å². The highest BCUT2D eigenvalue weighted by molar-refractivity contribution is 7.11. The van der Waals surface area contributed by atoms with Crippen LogP contribution < -0.4 is 0 Å². The van der Waals surface area contributed by atoms with Crippen molar-refractivity contribution in [3.05, 3.63) is 45.4 Å². The zero-order valence-electron chi connectivity index (χ0n) is 8.94. The number of nitrogens with zero attached hydrogens (tertiary/aromatic N) is 2. The maximum atomic E-state index is 13.0. The van der Waals surface area contributed by atoms with E-state index < -0.39 is 11.9 Å². The van der Waals surface area contributed by atoms with Crippen LogP contribution in [0.25, 0.3) is 0 Å². The Kier molecular flexibility index (Phi) is 2.98. The highest BCUT2D eigenvalue weighted by Gasteiger charge is 2.17. The Morgan fingerprint density at radius 2 is 2.12 bits per heavy atom. The number of aliphatic hydroxyl groups is 1. The minimum atomic E-state index is -0.852. The summed E-state index contributed by atoms with van der Waals surface area (Å²) in [6, 6.07) is 1.28. The van der Waals surface area contributed by atoms with E-state index in [-0.39, 0.29) is 0 Å². The van der Waals surface area contributed by atoms with Crippen molar-refractivity contribution in [3.63, 3.8) is 0 Å². The second-order valence-electron chi connectivity index (χ2n) is 3.52. The van der Waals surface area contributed by atoms with Crippen molar-refractivity contribution in [2.75, 3.05) is 0 Å². The highest BCUT2D eigenvalue weighted by atomic mass is 32.1. The van der Waals surface area contributed by atoms with Crippen LogP contribution in [0, 0.1) is 19.7 Å². The minimum Gasteiger partial charge on any atom is -0.383 e. The lowest BCUT2D eigenvalue weighted by molar-refractivity contribution is 0.222. The Labute approximate surface area is 96.6 Å². The van der Waals surface area contributed by atoms with E-state index in [9.17, 15) is 9.50 Å². The normalized spacial score (nSPS) is 12.8. The minimum absolute atomic E-state index is 0.449. The van der Waals surface area contributed by atoms with Crippen LogP contribution >= 0.6 is 11.3 Å². The van der Waals surface area contributed by atoms with Crippen LogP contribution in [-0.4, -0.2) is 15.1 Å². The Morgan fingerprint density at radius 3 is 2.69 bits per heavy atom. The average Bonchev–Trinajstić information content (AvgIpc) is 2.57. The summed E-state index contributed by atoms with van der Waals surface area (Å²) in [4.78, 5) is 8.68. The van der Waals surface area contributed by atoms with Gasteiger partial charge in [0.1, 0.15) is 11.9 Å². The van der Waals surface area contributed by atoms with Gasteiger partial charge in [-0.25, -0.2) is 9.37 Å². The number of aryl methyl sites for hydroxylation is 2. The number of aliphatic hydroxyl groups excluding tert-OH is 1. The van der Waals surface area contributed by atoms with E-state index >= 15 is 0 Å². The molecule has 5 heteroatoms. The maximum Gasteiger partial charge on any atom is 0.141 e. The van der Waals surface area contributed by atoms with Gasteiger partial charge in [-0.05, 0) is 19.9 Å². The van der Waals surface area contributed by atoms with Gasteiger partial charge in [-0.15, -0.1) is 11.3 Å². The standard InChI is InChI=1S/C11H11FN2OS/c1-6-11(16-7(2)14-6)10(15)8-3-9(12)5-13-4-8/h3-5,10,15H,1-2H3. The smallest absolute Gasteiger partial charge is 0.141 e. The molecule has 0 aromatic carbocycles. The molecule has 2 rings (SSSR count). The summed E-state index contributed by atoms with van der Waals surface area (Å²) in [6.45, 7) is 3.70. The van der Waals surface area contributed by atoms with Crippen molar-refractivity contribution in [2.45, 2.75) is 20.0 Å². The second kappa shape index (κ2) is 4.27. The van der Waals surface area contributed by atoms with Crippen LogP contribution in [0.2, 0.25) is 0 Å². The highest BCUT2D eigenvalue weighted by Crippen LogP contribution is 2.29. The van der Waals surface area contributed by atoms with Gasteiger partial charge >= 0.3 is 0 Å². The lowest BCUT2D eigenvalue weighted by atomic mass is 10.1. The molecule has 0 saturated carbocycles. The van der Waals surface area contributed by atoms with Crippen LogP contribution in [0.15, 0.2) is 18.5 Å². The van der Waals surface area contributed by atoms with Crippen molar-refractivity contribution in [1.82, 2.24) is 9.97 Å². The van der Waals surface area contributed by atoms with E-state index in [1.54, 1.807) is 0 Å². The first kappa shape index (κ1) is 11.2. The predicted octanol–water partition coefficient (Wildman–Crippen LogP) is 2.38. The molecule has 0 spiro atoms. The molecule has 2 heterocycles. The van der Waals surface area contributed by atoms with E-state index in [1.165, 1.54) is 23.6 Å². The summed E-state index contributed by atoms with van der Waals surface area (Å²) in [5.41, 5.74) is 1.23. The van der Waals surface area contributed by atoms with Gasteiger partial charge in [-0.3, -0.25) is 4.98 Å². The molecular weight excluding hydrogens is 227 g/mol. The van der Waals surface area contributed by atoms with Crippen molar-refractivity contribution in [3.8, 4) is 0 Å². The summed E-state index contributed by atoms with van der Waals surface area (Å²) in [7, 11) is 0. The molecule has 0 radical (unpaired) electrons. The molecule has 0 bridgehead atoms. The third-order valence-corrected chi connectivity index (χ3v) is 3.35. The molecule has 0 saturated heterocycles. The third kappa shape index (κ3) is 2.10. The van der Waals surface area contributed by atoms with Crippen molar-refractivity contribution in [1.29, 1.82) is 0 Å². The number of hydrogen-bond acceptors (Lipinski definition) is 4. The van der Waals surface area contributed by atoms with E-state index in [2.05, 4.69) is 9.97 Å². The van der Waals surface area contributed by atoms with Gasteiger partial charge in [0.15, 0.2) is 0 Å². The Bertz CT molecular complexity index is 512. The zero-order valence-corrected chi connectivity index (χ0v) is 9.75. The molecule has 84 valence electrons. The van der Waals surface area contributed by atoms with E-state index in [1.807, 2.05) is 13.8 Å². The quantitative estimate of drug-likeness (QED) is 0.873. The summed E-state index contributed by atoms with van der Waals surface area (Å²) >= 11 is 1.41. The molecule has 1 atom stereocenters. The fraction of sp³-hybridized carbons (Fsp3) is 0.273. The number of aromatic nitrogens is 2. The number of thiazole rings is 1. The number of hydrogen-bond donors (Lipinski definition) is 1. The van der Waals surface area contributed by atoms with Crippen molar-refractivity contribution >= 4 is 11.3 Å². The topological polar surface area (TPSA) is 46.0 Å². The van der Waals surface area contributed by atoms with E-state index in [0.29, 0.717) is 5.56 Å². The first-order valence-electron chi connectivity index (χ1n) is 4.80. The third-order valence-electron chi connectivity index (χ3n) is 2.23. The summed E-state index contributed by atoms with van der Waals surface area (Å²) in [5, 5.41) is 11.0. The molecule has 2 aromatic rings. The van der Waals surface area contributed by atoms with Gasteiger partial charge in [0, 0.05) is 11.8 Å². The molecule has 16 heavy (non-hydrogen) atoms. The molecule has 0 aliphatic heterocycles. The molecule has 0 fully saturated rings. The molecule has 0 aliphatic rings. The summed E-state index contributed by atoms with van der Waals surface area (Å²) in [6.07, 6.45) is 1.72. The zero-order chi connectivity index (χ0) is 11.7. The second-order valence-corrected chi connectivity index (χ2v) is 4.76. The van der Waals surface area contributed by atoms with Crippen LogP contribution in [0.3, 0.4) is 0 Å². The largest absolute Gasteiger partial charge is 0.383 e. The van der Waals surface area contributed by atoms with Gasteiger partial charge < -0.3 is 5.11 Å². The van der Waals surface area contributed by atoms with Gasteiger partial charge in [-0.1, -0.05) is 0 Å². The Morgan fingerprint density at radius 1 is 1.38 bits per heavy atom. The molecule has 3 nitrogen and oxygen atoms in total. The van der Waals surface area contributed by atoms with Gasteiger partial charge in [0.05, 0.1) is 21.8 Å². The Hall–Kier alpha value is -1.33. The van der Waals surface area contributed by atoms with E-state index in [4.69, 9.17) is 0 Å². The number of halogens is 1. The number of pyridine rings is 1. The lowest BCUT2D eigenvalue weighted by Crippen LogP contribution is -2.00. The van der Waals surface area contributed by atoms with E-state index in [0.717, 1.165) is 21.8 Å². The van der Waals surface area contributed by atoms with Gasteiger partial charge in [-0.2, -0.15) is 0 Å². The van der Waals surface area contributed by atoms with Crippen molar-refractivity contribution < 1.29 is 9.50 Å². The summed E-state index contributed by atoms with van der Waals surface area (Å²) in [5.74, 6) is -0.449. The summed E-state index contributed by atoms with van der Waals surface area (Å²) < 4.78 is 13.0. The van der Waals surface area contributed by atoms with Gasteiger partial charge in [0.25, 0.3) is 0 Å². The number of rotatable bonds is 2. The fourth-order valence-corrected chi connectivity index (χ4v) is 2.47. The Balaban J connectivity index is 2.38. The monoisotopic (exact) mass is 238 g/mol. The molecule has 1 N–H and O–H groups in total. The molecule has 0 amide bonds. The molecule has 2 aromatic heterocycles. The molecular formula is C11H11FN2OS. The van der Waals surface area contributed by atoms with Crippen LogP contribution in [0.4, 0.5) is 4.39 Å². The first-order chi connectivity index (χ1) is 7.58. The predicted molar refractivity (Wildman–Crippen MR) is 59.8 cm³/mol. The fourth-order valence-electron chi connectivity index (χ4n) is 1.53. The maximum absolute atomic E-state index is 13.0. The SMILES string of the molecule is Cc1nc(C)c(C(O)c2cncc(F)c2)s1. The lowest BCUT2D eigenvalue weighted by Gasteiger charge is -2.08.